The third-order valence-electron chi connectivity index (χ3n) is 2.17. The molecular weight excluding hydrogens is 255 g/mol. The van der Waals surface area contributed by atoms with Gasteiger partial charge in [0.05, 0.1) is 0 Å². The zero-order valence-corrected chi connectivity index (χ0v) is 10.0. The molecule has 0 spiro atoms. The number of halogens is 1. The standard InChI is InChI=1S/C12H11FN2O4/c1-7(16)15-10(12(17)18)6-19-11-4-2-3-9(13)8(11)5-14/h2-4,10H,6H2,1H3,(H,15,16)(H,17,18). The van der Waals surface area contributed by atoms with Crippen molar-refractivity contribution in [2.24, 2.45) is 0 Å². The van der Waals surface area contributed by atoms with Crippen LogP contribution in [0.1, 0.15) is 12.5 Å². The molecule has 1 amide bonds. The van der Waals surface area contributed by atoms with Crippen LogP contribution in [-0.2, 0) is 9.59 Å². The molecule has 1 aromatic carbocycles. The predicted molar refractivity (Wildman–Crippen MR) is 61.9 cm³/mol. The lowest BCUT2D eigenvalue weighted by molar-refractivity contribution is -0.142. The van der Waals surface area contributed by atoms with Gasteiger partial charge in [0.15, 0.2) is 6.04 Å². The van der Waals surface area contributed by atoms with E-state index in [1.807, 2.05) is 0 Å². The molecule has 6 nitrogen and oxygen atoms in total. The summed E-state index contributed by atoms with van der Waals surface area (Å²) < 4.78 is 18.3. The fraction of sp³-hybridized carbons (Fsp3) is 0.250. The smallest absolute Gasteiger partial charge is 0.329 e. The van der Waals surface area contributed by atoms with Crippen molar-refractivity contribution in [1.82, 2.24) is 5.32 Å². The van der Waals surface area contributed by atoms with Gasteiger partial charge in [-0.1, -0.05) is 6.07 Å². The predicted octanol–water partition coefficient (Wildman–Crippen LogP) is 0.665. The van der Waals surface area contributed by atoms with Crippen molar-refractivity contribution in [1.29, 1.82) is 5.26 Å². The lowest BCUT2D eigenvalue weighted by Crippen LogP contribution is -2.43. The van der Waals surface area contributed by atoms with Gasteiger partial charge in [-0.15, -0.1) is 0 Å². The highest BCUT2D eigenvalue weighted by molar-refractivity contribution is 5.82. The van der Waals surface area contributed by atoms with Gasteiger partial charge in [-0.3, -0.25) is 4.79 Å². The Hall–Kier alpha value is -2.62. The van der Waals surface area contributed by atoms with E-state index in [1.165, 1.54) is 19.1 Å². The number of amides is 1. The van der Waals surface area contributed by atoms with Gasteiger partial charge in [-0.2, -0.15) is 5.26 Å². The first kappa shape index (κ1) is 14.4. The number of benzene rings is 1. The van der Waals surface area contributed by atoms with Gasteiger partial charge in [0.25, 0.3) is 0 Å². The Balaban J connectivity index is 2.80. The molecule has 0 aliphatic heterocycles. The highest BCUT2D eigenvalue weighted by Crippen LogP contribution is 2.20. The maximum absolute atomic E-state index is 13.3. The van der Waals surface area contributed by atoms with Crippen LogP contribution in [0, 0.1) is 17.1 Å². The van der Waals surface area contributed by atoms with Crippen LogP contribution in [0.3, 0.4) is 0 Å². The highest BCUT2D eigenvalue weighted by Gasteiger charge is 2.20. The quantitative estimate of drug-likeness (QED) is 0.815. The van der Waals surface area contributed by atoms with E-state index in [0.29, 0.717) is 0 Å². The molecule has 1 aromatic rings. The summed E-state index contributed by atoms with van der Waals surface area (Å²) in [4.78, 5) is 21.6. The second kappa shape index (κ2) is 6.35. The Morgan fingerprint density at radius 1 is 1.58 bits per heavy atom. The minimum atomic E-state index is -1.29. The highest BCUT2D eigenvalue weighted by atomic mass is 19.1. The van der Waals surface area contributed by atoms with Crippen LogP contribution in [0.2, 0.25) is 0 Å². The van der Waals surface area contributed by atoms with E-state index < -0.39 is 30.3 Å². The van der Waals surface area contributed by atoms with Crippen molar-refractivity contribution in [2.75, 3.05) is 6.61 Å². The lowest BCUT2D eigenvalue weighted by atomic mass is 10.2. The van der Waals surface area contributed by atoms with Gasteiger partial charge in [-0.05, 0) is 12.1 Å². The van der Waals surface area contributed by atoms with E-state index in [1.54, 1.807) is 6.07 Å². The monoisotopic (exact) mass is 266 g/mol. The number of carboxylic acids is 1. The van der Waals surface area contributed by atoms with Crippen LogP contribution in [0.25, 0.3) is 0 Å². The molecule has 0 aliphatic rings. The van der Waals surface area contributed by atoms with Gasteiger partial charge >= 0.3 is 5.97 Å². The second-order valence-corrected chi connectivity index (χ2v) is 3.63. The molecule has 1 atom stereocenters. The Morgan fingerprint density at radius 2 is 2.26 bits per heavy atom. The van der Waals surface area contributed by atoms with Crippen molar-refractivity contribution in [2.45, 2.75) is 13.0 Å². The number of ether oxygens (including phenoxy) is 1. The normalized spacial score (nSPS) is 11.2. The van der Waals surface area contributed by atoms with Crippen LogP contribution in [-0.4, -0.2) is 29.6 Å². The first-order chi connectivity index (χ1) is 8.95. The fourth-order valence-corrected chi connectivity index (χ4v) is 1.33. The zero-order chi connectivity index (χ0) is 14.4. The molecule has 100 valence electrons. The average Bonchev–Trinajstić information content (AvgIpc) is 2.33. The minimum Gasteiger partial charge on any atom is -0.489 e. The number of hydrogen-bond donors (Lipinski definition) is 2. The van der Waals surface area contributed by atoms with Gasteiger partial charge in [0.2, 0.25) is 5.91 Å². The van der Waals surface area contributed by atoms with Crippen LogP contribution < -0.4 is 10.1 Å². The van der Waals surface area contributed by atoms with Crippen LogP contribution in [0.4, 0.5) is 4.39 Å². The summed E-state index contributed by atoms with van der Waals surface area (Å²) in [6, 6.07) is 4.12. The number of carboxylic acid groups (broad SMARTS) is 1. The van der Waals surface area contributed by atoms with Crippen LogP contribution >= 0.6 is 0 Å². The average molecular weight is 266 g/mol. The molecule has 0 aromatic heterocycles. The number of hydrogen-bond acceptors (Lipinski definition) is 4. The van der Waals surface area contributed by atoms with Crippen molar-refractivity contribution in [3.63, 3.8) is 0 Å². The molecular formula is C12H11FN2O4. The fourth-order valence-electron chi connectivity index (χ4n) is 1.33. The van der Waals surface area contributed by atoms with Gasteiger partial charge in [-0.25, -0.2) is 9.18 Å². The SMILES string of the molecule is CC(=O)NC(COc1cccc(F)c1C#N)C(=O)O. The second-order valence-electron chi connectivity index (χ2n) is 3.63. The van der Waals surface area contributed by atoms with E-state index in [0.717, 1.165) is 6.07 Å². The molecule has 7 heteroatoms. The number of aliphatic carboxylic acids is 1. The summed E-state index contributed by atoms with van der Waals surface area (Å²) >= 11 is 0. The number of carbonyl (C=O) groups is 2. The van der Waals surface area contributed by atoms with Crippen LogP contribution in [0.5, 0.6) is 5.75 Å². The summed E-state index contributed by atoms with van der Waals surface area (Å²) in [6.45, 7) is 0.756. The van der Waals surface area contributed by atoms with E-state index in [9.17, 15) is 14.0 Å². The number of nitrogens with zero attached hydrogens (tertiary/aromatic N) is 1. The first-order valence-electron chi connectivity index (χ1n) is 5.27. The van der Waals surface area contributed by atoms with Gasteiger partial charge in [0.1, 0.15) is 29.8 Å². The molecule has 0 radical (unpaired) electrons. The van der Waals surface area contributed by atoms with Crippen molar-refractivity contribution in [3.05, 3.63) is 29.6 Å². The molecule has 0 aliphatic carbocycles. The van der Waals surface area contributed by atoms with E-state index >= 15 is 0 Å². The largest absolute Gasteiger partial charge is 0.489 e. The van der Waals surface area contributed by atoms with E-state index in [2.05, 4.69) is 5.32 Å². The van der Waals surface area contributed by atoms with Crippen molar-refractivity contribution >= 4 is 11.9 Å². The maximum Gasteiger partial charge on any atom is 0.329 e. The van der Waals surface area contributed by atoms with Gasteiger partial charge < -0.3 is 15.2 Å². The Kier molecular flexibility index (Phi) is 4.83. The molecule has 0 bridgehead atoms. The summed E-state index contributed by atoms with van der Waals surface area (Å²) in [5, 5.41) is 19.8. The van der Waals surface area contributed by atoms with E-state index in [-0.39, 0.29) is 11.3 Å². The molecule has 0 saturated heterocycles. The minimum absolute atomic E-state index is 0.0703. The number of nitriles is 1. The first-order valence-corrected chi connectivity index (χ1v) is 5.27. The Labute approximate surface area is 108 Å². The summed E-state index contributed by atoms with van der Waals surface area (Å²) in [6.07, 6.45) is 0. The Bertz CT molecular complexity index is 539. The number of nitrogens with one attached hydrogen (secondary N) is 1. The number of carbonyl (C=O) groups excluding carboxylic acids is 1. The molecule has 0 saturated carbocycles. The molecule has 0 heterocycles. The van der Waals surface area contributed by atoms with Crippen molar-refractivity contribution in [3.8, 4) is 11.8 Å². The topological polar surface area (TPSA) is 99.4 Å². The molecule has 2 N–H and O–H groups in total. The summed E-state index contributed by atoms with van der Waals surface area (Å²) in [7, 11) is 0. The third kappa shape index (κ3) is 3.96. The Morgan fingerprint density at radius 3 is 2.79 bits per heavy atom. The molecule has 19 heavy (non-hydrogen) atoms. The third-order valence-corrected chi connectivity index (χ3v) is 2.17. The van der Waals surface area contributed by atoms with Crippen molar-refractivity contribution < 1.29 is 23.8 Å². The maximum atomic E-state index is 13.3. The molecule has 1 rings (SSSR count). The zero-order valence-electron chi connectivity index (χ0n) is 10.0. The number of rotatable bonds is 5. The molecule has 1 unspecified atom stereocenters. The summed E-state index contributed by atoms with van der Waals surface area (Å²) in [5.74, 6) is -2.65. The van der Waals surface area contributed by atoms with Crippen LogP contribution in [0.15, 0.2) is 18.2 Å². The lowest BCUT2D eigenvalue weighted by Gasteiger charge is -2.15. The van der Waals surface area contributed by atoms with E-state index in [4.69, 9.17) is 15.1 Å². The molecule has 0 fully saturated rings. The summed E-state index contributed by atoms with van der Waals surface area (Å²) in [5.41, 5.74) is -0.311. The van der Waals surface area contributed by atoms with Gasteiger partial charge in [0, 0.05) is 6.92 Å².